The van der Waals surface area contributed by atoms with Gasteiger partial charge in [-0.2, -0.15) is 0 Å². The fourth-order valence-electron chi connectivity index (χ4n) is 3.99. The number of piperidine rings is 1. The van der Waals surface area contributed by atoms with Crippen LogP contribution in [0.5, 0.6) is 11.5 Å². The van der Waals surface area contributed by atoms with Crippen molar-refractivity contribution in [3.8, 4) is 22.8 Å². The molecule has 32 heavy (non-hydrogen) atoms. The van der Waals surface area contributed by atoms with Gasteiger partial charge in [-0.05, 0) is 56.0 Å². The van der Waals surface area contributed by atoms with Crippen LogP contribution in [0, 0.1) is 13.8 Å². The van der Waals surface area contributed by atoms with E-state index in [2.05, 4.69) is 42.3 Å². The van der Waals surface area contributed by atoms with Crippen molar-refractivity contribution < 1.29 is 17.9 Å². The summed E-state index contributed by atoms with van der Waals surface area (Å²) >= 11 is 1.61. The molecule has 6 nitrogen and oxygen atoms in total. The first-order valence-corrected chi connectivity index (χ1v) is 13.0. The first-order chi connectivity index (χ1) is 15.3. The number of aryl methyl sites for hydroxylation is 2. The summed E-state index contributed by atoms with van der Waals surface area (Å²) < 4.78 is 37.1. The molecule has 1 aliphatic rings. The fraction of sp³-hybridized carbons (Fsp3) is 0.375. The van der Waals surface area contributed by atoms with Gasteiger partial charge in [-0.1, -0.05) is 12.1 Å². The van der Waals surface area contributed by atoms with Crippen LogP contribution in [0.3, 0.4) is 0 Å². The Labute approximate surface area is 193 Å². The van der Waals surface area contributed by atoms with Gasteiger partial charge in [-0.3, -0.25) is 0 Å². The zero-order valence-corrected chi connectivity index (χ0v) is 20.4. The van der Waals surface area contributed by atoms with E-state index in [0.717, 1.165) is 16.4 Å². The molecule has 0 aliphatic carbocycles. The predicted octanol–water partition coefficient (Wildman–Crippen LogP) is 4.89. The monoisotopic (exact) mass is 472 g/mol. The van der Waals surface area contributed by atoms with Crippen molar-refractivity contribution in [2.45, 2.75) is 36.8 Å². The Morgan fingerprint density at radius 1 is 1.00 bits per heavy atom. The molecule has 2 aromatic carbocycles. The number of hydrogen-bond acceptors (Lipinski definition) is 7. The molecule has 0 spiro atoms. The number of thiazole rings is 1. The minimum atomic E-state index is -3.51. The minimum Gasteiger partial charge on any atom is -0.497 e. The third-order valence-electron chi connectivity index (χ3n) is 6.12. The Morgan fingerprint density at radius 3 is 2.41 bits per heavy atom. The van der Waals surface area contributed by atoms with Crippen molar-refractivity contribution in [2.75, 3.05) is 32.2 Å². The van der Waals surface area contributed by atoms with Crippen LogP contribution < -0.4 is 14.4 Å². The molecule has 2 heterocycles. The molecule has 1 aliphatic heterocycles. The smallest absolute Gasteiger partial charge is 0.185 e. The molecule has 0 saturated carbocycles. The lowest BCUT2D eigenvalue weighted by molar-refractivity contribution is 0.385. The Balaban J connectivity index is 1.48. The summed E-state index contributed by atoms with van der Waals surface area (Å²) in [4.78, 5) is 7.24. The Hall–Kier alpha value is -2.58. The van der Waals surface area contributed by atoms with Crippen LogP contribution in [-0.2, 0) is 9.84 Å². The van der Waals surface area contributed by atoms with Crippen molar-refractivity contribution >= 4 is 26.3 Å². The lowest BCUT2D eigenvalue weighted by Gasteiger charge is -2.31. The molecule has 0 radical (unpaired) electrons. The molecule has 3 aromatic rings. The fourth-order valence-corrected chi connectivity index (χ4v) is 6.75. The summed E-state index contributed by atoms with van der Waals surface area (Å²) in [5.74, 6) is 0.892. The van der Waals surface area contributed by atoms with Gasteiger partial charge in [-0.25, -0.2) is 13.4 Å². The molecule has 8 heteroatoms. The highest BCUT2D eigenvalue weighted by atomic mass is 32.2. The molecule has 0 amide bonds. The normalized spacial score (nSPS) is 15.1. The van der Waals surface area contributed by atoms with Gasteiger partial charge in [0.25, 0.3) is 0 Å². The summed E-state index contributed by atoms with van der Waals surface area (Å²) in [5.41, 5.74) is 4.59. The van der Waals surface area contributed by atoms with Gasteiger partial charge in [0.1, 0.15) is 16.4 Å². The van der Waals surface area contributed by atoms with Crippen molar-refractivity contribution in [1.82, 2.24) is 4.98 Å². The number of benzene rings is 2. The van der Waals surface area contributed by atoms with E-state index >= 15 is 0 Å². The zero-order chi connectivity index (χ0) is 22.9. The van der Waals surface area contributed by atoms with Crippen LogP contribution >= 0.6 is 11.3 Å². The van der Waals surface area contributed by atoms with Crippen LogP contribution in [0.1, 0.15) is 24.0 Å². The molecular formula is C24H28N2O4S2. The number of nitrogens with zero attached hydrogens (tertiary/aromatic N) is 2. The van der Waals surface area contributed by atoms with E-state index in [4.69, 9.17) is 14.5 Å². The number of rotatable bonds is 6. The lowest BCUT2D eigenvalue weighted by Crippen LogP contribution is -2.39. The maximum Gasteiger partial charge on any atom is 0.185 e. The maximum atomic E-state index is 13.3. The summed E-state index contributed by atoms with van der Waals surface area (Å²) in [6, 6.07) is 11.2. The number of hydrogen-bond donors (Lipinski definition) is 0. The van der Waals surface area contributed by atoms with Gasteiger partial charge >= 0.3 is 0 Å². The largest absolute Gasteiger partial charge is 0.497 e. The van der Waals surface area contributed by atoms with E-state index in [9.17, 15) is 8.42 Å². The average Bonchev–Trinajstić information content (AvgIpc) is 3.30. The predicted molar refractivity (Wildman–Crippen MR) is 129 cm³/mol. The van der Waals surface area contributed by atoms with Crippen LogP contribution in [0.4, 0.5) is 5.13 Å². The van der Waals surface area contributed by atoms with Crippen molar-refractivity contribution in [3.63, 3.8) is 0 Å². The molecule has 170 valence electrons. The zero-order valence-electron chi connectivity index (χ0n) is 18.8. The van der Waals surface area contributed by atoms with Crippen molar-refractivity contribution in [1.29, 1.82) is 0 Å². The topological polar surface area (TPSA) is 68.7 Å². The van der Waals surface area contributed by atoms with Crippen LogP contribution in [0.15, 0.2) is 46.7 Å². The standard InChI is InChI=1S/C24H28N2O4S2/c1-16-5-6-18(13-17(16)2)21-15-31-24(25-21)26-11-9-20(10-12-26)32(27,28)23-8-7-19(29-3)14-22(23)30-4/h5-8,13-15,20H,9-12H2,1-4H3. The summed E-state index contributed by atoms with van der Waals surface area (Å²) in [7, 11) is -0.484. The first kappa shape index (κ1) is 22.6. The van der Waals surface area contributed by atoms with Gasteiger partial charge in [0.2, 0.25) is 0 Å². The summed E-state index contributed by atoms with van der Waals surface area (Å²) in [5, 5.41) is 2.57. The molecule has 0 atom stereocenters. The Kier molecular flexibility index (Phi) is 6.44. The summed E-state index contributed by atoms with van der Waals surface area (Å²) in [6.07, 6.45) is 1.10. The van der Waals surface area contributed by atoms with Gasteiger partial charge in [0.05, 0.1) is 25.2 Å². The second-order valence-electron chi connectivity index (χ2n) is 8.06. The first-order valence-electron chi connectivity index (χ1n) is 10.6. The quantitative estimate of drug-likeness (QED) is 0.509. The van der Waals surface area contributed by atoms with E-state index in [1.807, 2.05) is 0 Å². The molecule has 1 fully saturated rings. The van der Waals surface area contributed by atoms with Crippen LogP contribution in [0.2, 0.25) is 0 Å². The maximum absolute atomic E-state index is 13.3. The highest BCUT2D eigenvalue weighted by Gasteiger charge is 2.34. The highest BCUT2D eigenvalue weighted by Crippen LogP contribution is 2.35. The minimum absolute atomic E-state index is 0.227. The number of methoxy groups -OCH3 is 2. The average molecular weight is 473 g/mol. The van der Waals surface area contributed by atoms with Crippen molar-refractivity contribution in [3.05, 3.63) is 52.9 Å². The number of aromatic nitrogens is 1. The van der Waals surface area contributed by atoms with Crippen LogP contribution in [0.25, 0.3) is 11.3 Å². The summed E-state index contributed by atoms with van der Waals surface area (Å²) in [6.45, 7) is 5.52. The lowest BCUT2D eigenvalue weighted by atomic mass is 10.1. The number of anilines is 1. The SMILES string of the molecule is COc1ccc(S(=O)(=O)C2CCN(c3nc(-c4ccc(C)c(C)c4)cs3)CC2)c(OC)c1. The Morgan fingerprint density at radius 2 is 1.75 bits per heavy atom. The second kappa shape index (κ2) is 9.11. The molecule has 4 rings (SSSR count). The highest BCUT2D eigenvalue weighted by molar-refractivity contribution is 7.92. The van der Waals surface area contributed by atoms with Gasteiger partial charge in [0, 0.05) is 30.1 Å². The molecule has 0 N–H and O–H groups in total. The molecule has 0 bridgehead atoms. The molecule has 0 unspecified atom stereocenters. The van der Waals surface area contributed by atoms with E-state index in [1.165, 1.54) is 18.2 Å². The van der Waals surface area contributed by atoms with Gasteiger partial charge < -0.3 is 14.4 Å². The van der Waals surface area contributed by atoms with E-state index < -0.39 is 15.1 Å². The molecule has 1 aromatic heterocycles. The molecule has 1 saturated heterocycles. The number of ether oxygens (including phenoxy) is 2. The van der Waals surface area contributed by atoms with E-state index in [0.29, 0.717) is 37.4 Å². The number of sulfone groups is 1. The van der Waals surface area contributed by atoms with Gasteiger partial charge in [0.15, 0.2) is 15.0 Å². The van der Waals surface area contributed by atoms with E-state index in [1.54, 1.807) is 36.6 Å². The second-order valence-corrected chi connectivity index (χ2v) is 11.1. The Bertz CT molecular complexity index is 1210. The third-order valence-corrected chi connectivity index (χ3v) is 9.32. The van der Waals surface area contributed by atoms with Crippen LogP contribution in [-0.4, -0.2) is 46.0 Å². The van der Waals surface area contributed by atoms with E-state index in [-0.39, 0.29) is 4.90 Å². The van der Waals surface area contributed by atoms with Gasteiger partial charge in [-0.15, -0.1) is 11.3 Å². The molecular weight excluding hydrogens is 444 g/mol. The third kappa shape index (κ3) is 4.34. The van der Waals surface area contributed by atoms with Crippen molar-refractivity contribution in [2.24, 2.45) is 0 Å².